The topological polar surface area (TPSA) is 270 Å². The maximum Gasteiger partial charge on any atom is 1.00 e. The van der Waals surface area contributed by atoms with Gasteiger partial charge in [0.15, 0.2) is 12.2 Å². The van der Waals surface area contributed by atoms with E-state index < -0.39 is 104 Å². The summed E-state index contributed by atoms with van der Waals surface area (Å²) >= 11 is 0. The van der Waals surface area contributed by atoms with Crippen LogP contribution in [0.4, 0.5) is 4.79 Å². The minimum atomic E-state index is -5.26. The van der Waals surface area contributed by atoms with Gasteiger partial charge in [0.2, 0.25) is 0 Å². The fourth-order valence-corrected chi connectivity index (χ4v) is 13.9. The van der Waals surface area contributed by atoms with E-state index in [-0.39, 0.29) is 98.0 Å². The molecule has 2 rings (SSSR count). The minimum absolute atomic E-state index is 0. The Bertz CT molecular complexity index is 2510. The minimum Gasteiger partial charge on any atom is -0.756 e. The zero-order valence-electron chi connectivity index (χ0n) is 68.3. The number of hydrogen-bond acceptors (Lipinski definition) is 19. The van der Waals surface area contributed by atoms with Crippen molar-refractivity contribution < 1.29 is 149 Å². The predicted octanol–water partition coefficient (Wildman–Crippen LogP) is 15.8. The van der Waals surface area contributed by atoms with Gasteiger partial charge in [-0.1, -0.05) is 358 Å². The maximum absolute atomic E-state index is 13.5. The number of carbonyl (C=O) groups is 5. The summed E-state index contributed by atoms with van der Waals surface area (Å²) in [7, 11) is -10.5. The van der Waals surface area contributed by atoms with Gasteiger partial charge in [0.1, 0.15) is 25.9 Å². The number of ether oxygens (including phenoxy) is 6. The van der Waals surface area contributed by atoms with Gasteiger partial charge in [-0.3, -0.25) is 28.3 Å². The molecule has 0 aliphatic carbocycles. The standard InChI is InChI=1S/C84H147NO19P2.2Na/c1-4-7-10-13-16-19-22-25-28-32-37-42-53-62-80(86)96-69-78(103-82(88)64-55-44-39-33-29-26-23-20-17-14-11-8-5-2)73-101-105(91,92)99-71-77(95-67-75-58-49-47-50-59-75)72-100-106(93,94)102-74-79(104-83(89)65-56-45-40-34-30-27-24-21-18-15-12-9-6-3)70-97-81(87)63-54-43-38-35-31-36-41-46-57-66-85-84(90)98-68-76-60-51-48-52-61-76;;/h47-52,58-61,77-79H,4-46,53-57,62-74H2,1-3H3,(H,85,90)(H,91,92)(H,93,94);;/q;2*+1/p-2/t77-,78+,79+;;/m0../s1. The number of benzene rings is 2. The van der Waals surface area contributed by atoms with E-state index in [1.165, 1.54) is 161 Å². The predicted molar refractivity (Wildman–Crippen MR) is 417 cm³/mol. The molecule has 2 unspecified atom stereocenters. The van der Waals surface area contributed by atoms with Crippen LogP contribution in [-0.2, 0) is 88.0 Å². The number of nitrogens with one attached hydrogen (secondary N) is 1. The average Bonchev–Trinajstić information content (AvgIpc) is 0.891. The number of alkyl carbamates (subject to hydrolysis) is 1. The van der Waals surface area contributed by atoms with Crippen molar-refractivity contribution in [2.75, 3.05) is 46.2 Å². The van der Waals surface area contributed by atoms with Gasteiger partial charge in [-0.15, -0.1) is 0 Å². The Morgan fingerprint density at radius 2 is 0.565 bits per heavy atom. The summed E-state index contributed by atoms with van der Waals surface area (Å²) in [5.41, 5.74) is 1.61. The first-order valence-electron chi connectivity index (χ1n) is 42.1. The van der Waals surface area contributed by atoms with E-state index in [0.29, 0.717) is 37.8 Å². The molecule has 612 valence electrons. The van der Waals surface area contributed by atoms with E-state index in [1.807, 2.05) is 30.3 Å². The molecule has 0 saturated carbocycles. The summed E-state index contributed by atoms with van der Waals surface area (Å²) in [4.78, 5) is 91.4. The summed E-state index contributed by atoms with van der Waals surface area (Å²) in [6.07, 6.45) is 48.8. The van der Waals surface area contributed by atoms with Crippen LogP contribution in [0.25, 0.3) is 0 Å². The molecule has 20 nitrogen and oxygen atoms in total. The fourth-order valence-electron chi connectivity index (χ4n) is 12.4. The van der Waals surface area contributed by atoms with Gasteiger partial charge in [0, 0.05) is 32.2 Å². The van der Waals surface area contributed by atoms with Gasteiger partial charge < -0.3 is 61.6 Å². The van der Waals surface area contributed by atoms with Gasteiger partial charge in [0.25, 0.3) is 15.6 Å². The second-order valence-corrected chi connectivity index (χ2v) is 31.8. The van der Waals surface area contributed by atoms with Crippen LogP contribution in [0.5, 0.6) is 0 Å². The Hall–Kier alpha value is -2.23. The number of phosphoric acid groups is 2. The van der Waals surface area contributed by atoms with Crippen molar-refractivity contribution >= 4 is 45.6 Å². The van der Waals surface area contributed by atoms with Gasteiger partial charge >= 0.3 is 89.1 Å². The van der Waals surface area contributed by atoms with E-state index in [9.17, 15) is 42.9 Å². The molecule has 5 atom stereocenters. The molecule has 24 heteroatoms. The van der Waals surface area contributed by atoms with Crippen molar-refractivity contribution in [3.8, 4) is 0 Å². The van der Waals surface area contributed by atoms with Crippen LogP contribution in [-0.4, -0.2) is 94.5 Å². The zero-order chi connectivity index (χ0) is 76.8. The molecule has 0 heterocycles. The largest absolute Gasteiger partial charge is 1.00 e. The zero-order valence-corrected chi connectivity index (χ0v) is 74.1. The second kappa shape index (κ2) is 76.1. The number of amides is 1. The van der Waals surface area contributed by atoms with Gasteiger partial charge in [-0.05, 0) is 43.2 Å². The van der Waals surface area contributed by atoms with Crippen LogP contribution >= 0.6 is 15.6 Å². The van der Waals surface area contributed by atoms with Crippen LogP contribution in [0.2, 0.25) is 0 Å². The Morgan fingerprint density at radius 1 is 0.315 bits per heavy atom. The summed E-state index contributed by atoms with van der Waals surface area (Å²) in [5.74, 6) is -2.23. The molecule has 0 saturated heterocycles. The number of phosphoric ester groups is 2. The van der Waals surface area contributed by atoms with E-state index in [1.54, 1.807) is 30.3 Å². The van der Waals surface area contributed by atoms with Crippen molar-refractivity contribution in [1.82, 2.24) is 5.32 Å². The molecule has 0 spiro atoms. The molecule has 0 bridgehead atoms. The van der Waals surface area contributed by atoms with Crippen molar-refractivity contribution in [1.29, 1.82) is 0 Å². The first kappa shape index (κ1) is 106. The van der Waals surface area contributed by atoms with Gasteiger partial charge in [-0.2, -0.15) is 0 Å². The number of esters is 4. The molecule has 0 aliphatic heterocycles. The number of rotatable bonds is 77. The van der Waals surface area contributed by atoms with Crippen molar-refractivity contribution in [2.45, 2.75) is 386 Å². The van der Waals surface area contributed by atoms with E-state index in [2.05, 4.69) is 26.1 Å². The molecule has 2 aromatic carbocycles. The first-order chi connectivity index (χ1) is 51.6. The molecule has 0 aliphatic rings. The smallest absolute Gasteiger partial charge is 0.756 e. The molecule has 2 aromatic rings. The quantitative estimate of drug-likeness (QED) is 0.0212. The van der Waals surface area contributed by atoms with Gasteiger partial charge in [0.05, 0.1) is 33.0 Å². The Kier molecular flexibility index (Phi) is 74.5. The second-order valence-electron chi connectivity index (χ2n) is 29.0. The Labute approximate surface area is 698 Å². The molecule has 0 fully saturated rings. The summed E-state index contributed by atoms with van der Waals surface area (Å²) in [6.45, 7) is 3.42. The van der Waals surface area contributed by atoms with E-state index in [4.69, 9.17) is 46.5 Å². The van der Waals surface area contributed by atoms with Gasteiger partial charge in [-0.25, -0.2) is 4.79 Å². The number of hydrogen-bond donors (Lipinski definition) is 1. The third kappa shape index (κ3) is 69.3. The number of carbonyl (C=O) groups excluding carboxylic acids is 5. The summed E-state index contributed by atoms with van der Waals surface area (Å²) in [5, 5.41) is 2.80. The molecule has 0 aromatic heterocycles. The van der Waals surface area contributed by atoms with Crippen LogP contribution in [0.3, 0.4) is 0 Å². The SMILES string of the molecule is CCCCCCCCCCCCCCCC(=O)OC[C@H](COP(=O)([O-])OC[C@@H](COP(=O)([O-])OC[C@@H](COC(=O)CCCCCCCCCCCNC(=O)OCc1ccccc1)OC(=O)CCCCCCCCCCCCCCC)OCc1ccccc1)OC(=O)CCCCCCCCCCCCCCC.[Na+].[Na+]. The van der Waals surface area contributed by atoms with E-state index >= 15 is 0 Å². The third-order valence-corrected chi connectivity index (χ3v) is 20.8. The first-order valence-corrected chi connectivity index (χ1v) is 45.1. The molecular weight excluding hydrogens is 1430 g/mol. The Morgan fingerprint density at radius 3 is 0.861 bits per heavy atom. The van der Waals surface area contributed by atoms with Crippen LogP contribution in [0.1, 0.15) is 366 Å². The Balaban J connectivity index is 0.0000572. The summed E-state index contributed by atoms with van der Waals surface area (Å²) in [6, 6.07) is 18.4. The average molecular weight is 1580 g/mol. The molecular formula is C84H145NNa2O19P2. The molecule has 0 radical (unpaired) electrons. The number of unbranched alkanes of at least 4 members (excludes halogenated alkanes) is 44. The van der Waals surface area contributed by atoms with Crippen LogP contribution < -0.4 is 74.2 Å². The van der Waals surface area contributed by atoms with E-state index in [0.717, 1.165) is 128 Å². The van der Waals surface area contributed by atoms with Crippen LogP contribution in [0.15, 0.2) is 60.7 Å². The summed E-state index contributed by atoms with van der Waals surface area (Å²) < 4.78 is 81.6. The maximum atomic E-state index is 13.5. The van der Waals surface area contributed by atoms with Crippen molar-refractivity contribution in [3.05, 3.63) is 71.8 Å². The monoisotopic (exact) mass is 1580 g/mol. The normalized spacial score (nSPS) is 13.2. The molecule has 1 amide bonds. The van der Waals surface area contributed by atoms with Crippen molar-refractivity contribution in [2.24, 2.45) is 0 Å². The molecule has 1 N–H and O–H groups in total. The third-order valence-electron chi connectivity index (χ3n) is 19.0. The molecule has 108 heavy (non-hydrogen) atoms. The van der Waals surface area contributed by atoms with Crippen LogP contribution in [0, 0.1) is 0 Å². The van der Waals surface area contributed by atoms with Crippen molar-refractivity contribution in [3.63, 3.8) is 0 Å². The fraction of sp³-hybridized carbons (Fsp3) is 0.798.